The molecule has 5 rings (SSSR count). The SMILES string of the molecule is O=c1[nH]c(CCCCCN2CCN(c3ccccc3)CC2)nc2c1sc1ccccc12. The molecule has 0 saturated carbocycles. The Labute approximate surface area is 186 Å². The number of hydrogen-bond acceptors (Lipinski definition) is 5. The smallest absolute Gasteiger partial charge is 0.268 e. The molecule has 6 heteroatoms. The highest BCUT2D eigenvalue weighted by molar-refractivity contribution is 7.25. The standard InChI is InChI=1S/C25H28N4OS/c30-25-24-23(20-11-6-7-12-21(20)31-24)26-22(27-25)13-5-2-8-14-28-15-17-29(18-16-28)19-9-3-1-4-10-19/h1,3-4,6-7,9-12H,2,5,8,13-18H2,(H,26,27,30). The summed E-state index contributed by atoms with van der Waals surface area (Å²) in [4.78, 5) is 25.3. The van der Waals surface area contributed by atoms with Gasteiger partial charge in [0.25, 0.3) is 5.56 Å². The lowest BCUT2D eigenvalue weighted by molar-refractivity contribution is 0.252. The van der Waals surface area contributed by atoms with Gasteiger partial charge in [-0.15, -0.1) is 11.3 Å². The third-order valence-electron chi connectivity index (χ3n) is 6.16. The molecule has 0 unspecified atom stereocenters. The molecule has 31 heavy (non-hydrogen) atoms. The number of hydrogen-bond donors (Lipinski definition) is 1. The van der Waals surface area contributed by atoms with Crippen molar-refractivity contribution in [3.05, 3.63) is 70.8 Å². The number of nitrogens with zero attached hydrogens (tertiary/aromatic N) is 3. The van der Waals surface area contributed by atoms with Crippen molar-refractivity contribution in [3.8, 4) is 0 Å². The molecule has 1 saturated heterocycles. The van der Waals surface area contributed by atoms with Crippen molar-refractivity contribution in [2.24, 2.45) is 0 Å². The lowest BCUT2D eigenvalue weighted by Crippen LogP contribution is -2.46. The number of unbranched alkanes of at least 4 members (excludes halogenated alkanes) is 2. The molecule has 2 aromatic carbocycles. The van der Waals surface area contributed by atoms with E-state index in [1.807, 2.05) is 12.1 Å². The fraction of sp³-hybridized carbons (Fsp3) is 0.360. The van der Waals surface area contributed by atoms with Crippen molar-refractivity contribution < 1.29 is 0 Å². The molecule has 0 spiro atoms. The average molecular weight is 433 g/mol. The van der Waals surface area contributed by atoms with Gasteiger partial charge in [-0.25, -0.2) is 4.98 Å². The summed E-state index contributed by atoms with van der Waals surface area (Å²) in [7, 11) is 0. The summed E-state index contributed by atoms with van der Waals surface area (Å²) in [6.45, 7) is 5.62. The predicted molar refractivity (Wildman–Crippen MR) is 130 cm³/mol. The summed E-state index contributed by atoms with van der Waals surface area (Å²) in [6, 6.07) is 18.8. The molecule has 0 amide bonds. The Morgan fingerprint density at radius 1 is 0.903 bits per heavy atom. The number of anilines is 1. The minimum atomic E-state index is -0.00233. The Kier molecular flexibility index (Phi) is 6.00. The van der Waals surface area contributed by atoms with Gasteiger partial charge >= 0.3 is 0 Å². The van der Waals surface area contributed by atoms with E-state index in [0.717, 1.165) is 78.1 Å². The van der Waals surface area contributed by atoms with Gasteiger partial charge in [0.2, 0.25) is 0 Å². The van der Waals surface area contributed by atoms with Gasteiger partial charge in [-0.2, -0.15) is 0 Å². The maximum Gasteiger partial charge on any atom is 0.268 e. The first-order chi connectivity index (χ1) is 15.3. The molecule has 160 valence electrons. The van der Waals surface area contributed by atoms with Crippen LogP contribution in [0.25, 0.3) is 20.3 Å². The molecule has 4 aromatic rings. The van der Waals surface area contributed by atoms with Gasteiger partial charge in [-0.3, -0.25) is 9.69 Å². The Hall–Kier alpha value is -2.70. The molecular weight excluding hydrogens is 404 g/mol. The van der Waals surface area contributed by atoms with Gasteiger partial charge in [0, 0.05) is 48.4 Å². The van der Waals surface area contributed by atoms with Crippen molar-refractivity contribution in [2.75, 3.05) is 37.6 Å². The molecule has 1 aliphatic rings. The zero-order valence-corrected chi connectivity index (χ0v) is 18.5. The third kappa shape index (κ3) is 4.50. The maximum absolute atomic E-state index is 12.5. The van der Waals surface area contributed by atoms with E-state index in [2.05, 4.69) is 57.2 Å². The topological polar surface area (TPSA) is 52.2 Å². The predicted octanol–water partition coefficient (Wildman–Crippen LogP) is 4.67. The van der Waals surface area contributed by atoms with Crippen LogP contribution in [-0.2, 0) is 6.42 Å². The van der Waals surface area contributed by atoms with Crippen molar-refractivity contribution in [1.82, 2.24) is 14.9 Å². The number of aromatic amines is 1. The van der Waals surface area contributed by atoms with Gasteiger partial charge < -0.3 is 9.88 Å². The van der Waals surface area contributed by atoms with Gasteiger partial charge in [0.05, 0.1) is 5.52 Å². The van der Waals surface area contributed by atoms with Crippen LogP contribution in [0.2, 0.25) is 0 Å². The summed E-state index contributed by atoms with van der Waals surface area (Å²) in [5.74, 6) is 0.817. The minimum Gasteiger partial charge on any atom is -0.369 e. The van der Waals surface area contributed by atoms with Crippen LogP contribution in [0, 0.1) is 0 Å². The van der Waals surface area contributed by atoms with Crippen molar-refractivity contribution in [1.29, 1.82) is 0 Å². The first-order valence-electron chi connectivity index (χ1n) is 11.2. The van der Waals surface area contributed by atoms with Crippen molar-refractivity contribution in [2.45, 2.75) is 25.7 Å². The number of nitrogens with one attached hydrogen (secondary N) is 1. The van der Waals surface area contributed by atoms with E-state index in [1.165, 1.54) is 23.4 Å². The van der Waals surface area contributed by atoms with E-state index < -0.39 is 0 Å². The molecule has 1 aliphatic heterocycles. The van der Waals surface area contributed by atoms with Crippen LogP contribution in [-0.4, -0.2) is 47.6 Å². The van der Waals surface area contributed by atoms with E-state index in [1.54, 1.807) is 0 Å². The molecule has 0 bridgehead atoms. The second-order valence-corrected chi connectivity index (χ2v) is 9.32. The minimum absolute atomic E-state index is 0.00233. The molecule has 3 heterocycles. The van der Waals surface area contributed by atoms with Gasteiger partial charge in [-0.1, -0.05) is 42.8 Å². The van der Waals surface area contributed by atoms with Crippen LogP contribution in [0.3, 0.4) is 0 Å². The number of rotatable bonds is 7. The zero-order valence-electron chi connectivity index (χ0n) is 17.7. The van der Waals surface area contributed by atoms with Gasteiger partial charge in [0.1, 0.15) is 10.5 Å². The second kappa shape index (κ2) is 9.20. The van der Waals surface area contributed by atoms with E-state index in [9.17, 15) is 4.79 Å². The number of benzene rings is 2. The highest BCUT2D eigenvalue weighted by Crippen LogP contribution is 2.30. The van der Waals surface area contributed by atoms with Crippen LogP contribution in [0.15, 0.2) is 59.4 Å². The number of aromatic nitrogens is 2. The van der Waals surface area contributed by atoms with E-state index in [4.69, 9.17) is 4.98 Å². The van der Waals surface area contributed by atoms with Crippen molar-refractivity contribution in [3.63, 3.8) is 0 Å². The zero-order chi connectivity index (χ0) is 21.0. The Balaban J connectivity index is 1.09. The first-order valence-corrected chi connectivity index (χ1v) is 12.0. The Morgan fingerprint density at radius 3 is 2.52 bits per heavy atom. The number of thiophene rings is 1. The Morgan fingerprint density at radius 2 is 1.68 bits per heavy atom. The average Bonchev–Trinajstić information content (AvgIpc) is 3.19. The van der Waals surface area contributed by atoms with Crippen LogP contribution in [0.5, 0.6) is 0 Å². The number of H-pyrrole nitrogens is 1. The van der Waals surface area contributed by atoms with E-state index in [0.29, 0.717) is 0 Å². The van der Waals surface area contributed by atoms with Gasteiger partial charge in [0.15, 0.2) is 0 Å². The third-order valence-corrected chi connectivity index (χ3v) is 7.32. The molecule has 0 radical (unpaired) electrons. The quantitative estimate of drug-likeness (QED) is 0.431. The molecule has 1 fully saturated rings. The molecule has 0 aliphatic carbocycles. The number of aryl methyl sites for hydroxylation is 1. The highest BCUT2D eigenvalue weighted by Gasteiger charge is 2.16. The largest absolute Gasteiger partial charge is 0.369 e. The van der Waals surface area contributed by atoms with Crippen LogP contribution in [0.4, 0.5) is 5.69 Å². The molecule has 5 nitrogen and oxygen atoms in total. The molecular formula is C25H28N4OS. The van der Waals surface area contributed by atoms with Crippen LogP contribution >= 0.6 is 11.3 Å². The fourth-order valence-electron chi connectivity index (χ4n) is 4.44. The fourth-order valence-corrected chi connectivity index (χ4v) is 5.48. The maximum atomic E-state index is 12.5. The number of fused-ring (bicyclic) bond motifs is 3. The first kappa shape index (κ1) is 20.2. The number of piperazine rings is 1. The summed E-state index contributed by atoms with van der Waals surface area (Å²) in [5, 5.41) is 1.09. The van der Waals surface area contributed by atoms with Crippen LogP contribution in [0.1, 0.15) is 25.1 Å². The molecule has 1 N–H and O–H groups in total. The molecule has 2 aromatic heterocycles. The highest BCUT2D eigenvalue weighted by atomic mass is 32.1. The lowest BCUT2D eigenvalue weighted by atomic mass is 10.1. The van der Waals surface area contributed by atoms with Gasteiger partial charge in [-0.05, 0) is 37.6 Å². The van der Waals surface area contributed by atoms with Crippen LogP contribution < -0.4 is 10.5 Å². The summed E-state index contributed by atoms with van der Waals surface area (Å²) in [6.07, 6.45) is 4.24. The van der Waals surface area contributed by atoms with Crippen molar-refractivity contribution >= 4 is 37.3 Å². The molecule has 0 atom stereocenters. The van der Waals surface area contributed by atoms with E-state index in [-0.39, 0.29) is 5.56 Å². The monoisotopic (exact) mass is 432 g/mol. The summed E-state index contributed by atoms with van der Waals surface area (Å²) >= 11 is 1.53. The lowest BCUT2D eigenvalue weighted by Gasteiger charge is -2.36. The summed E-state index contributed by atoms with van der Waals surface area (Å²) < 4.78 is 1.86. The second-order valence-electron chi connectivity index (χ2n) is 8.26. The normalized spacial score (nSPS) is 15.2. The summed E-state index contributed by atoms with van der Waals surface area (Å²) in [5.41, 5.74) is 2.19. The Bertz CT molecular complexity index is 1210. The number of para-hydroxylation sites is 1. The van der Waals surface area contributed by atoms with E-state index >= 15 is 0 Å².